The highest BCUT2D eigenvalue weighted by Gasteiger charge is 2.41. The second-order valence-corrected chi connectivity index (χ2v) is 6.16. The van der Waals surface area contributed by atoms with Crippen molar-refractivity contribution in [2.75, 3.05) is 0 Å². The summed E-state index contributed by atoms with van der Waals surface area (Å²) in [5.74, 6) is 2.49. The molecule has 2 aliphatic carbocycles. The fraction of sp³-hybridized carbons (Fsp3) is 0.571. The van der Waals surface area contributed by atoms with Crippen LogP contribution in [0.3, 0.4) is 0 Å². The van der Waals surface area contributed by atoms with Gasteiger partial charge in [-0.1, -0.05) is 15.9 Å². The van der Waals surface area contributed by atoms with E-state index in [9.17, 15) is 5.11 Å². The molecular weight excluding hydrogens is 280 g/mol. The van der Waals surface area contributed by atoms with Gasteiger partial charge < -0.3 is 9.84 Å². The van der Waals surface area contributed by atoms with Crippen molar-refractivity contribution in [2.45, 2.75) is 38.4 Å². The highest BCUT2D eigenvalue weighted by atomic mass is 79.9. The van der Waals surface area contributed by atoms with Crippen LogP contribution in [-0.4, -0.2) is 11.2 Å². The minimum atomic E-state index is 0.0373. The van der Waals surface area contributed by atoms with Crippen LogP contribution in [0.1, 0.15) is 31.2 Å². The van der Waals surface area contributed by atoms with E-state index in [1.807, 2.05) is 18.2 Å². The van der Waals surface area contributed by atoms with E-state index in [0.717, 1.165) is 27.6 Å². The molecule has 0 amide bonds. The molecule has 17 heavy (non-hydrogen) atoms. The van der Waals surface area contributed by atoms with Crippen molar-refractivity contribution in [3.05, 3.63) is 28.2 Å². The van der Waals surface area contributed by atoms with Gasteiger partial charge in [-0.2, -0.15) is 0 Å². The maximum absolute atomic E-state index is 9.35. The van der Waals surface area contributed by atoms with Crippen LogP contribution in [0.25, 0.3) is 0 Å². The molecule has 1 aromatic carbocycles. The summed E-state index contributed by atoms with van der Waals surface area (Å²) in [5, 5.41) is 9.35. The Morgan fingerprint density at radius 3 is 2.82 bits per heavy atom. The third kappa shape index (κ3) is 2.23. The second kappa shape index (κ2) is 4.62. The van der Waals surface area contributed by atoms with Gasteiger partial charge in [0.2, 0.25) is 0 Å². The summed E-state index contributed by atoms with van der Waals surface area (Å²) in [6, 6.07) is 5.87. The summed E-state index contributed by atoms with van der Waals surface area (Å²) in [4.78, 5) is 0. The quantitative estimate of drug-likeness (QED) is 0.925. The van der Waals surface area contributed by atoms with Gasteiger partial charge >= 0.3 is 0 Å². The van der Waals surface area contributed by atoms with E-state index >= 15 is 0 Å². The number of rotatable bonds is 3. The van der Waals surface area contributed by atoms with Crippen LogP contribution in [0.4, 0.5) is 0 Å². The fourth-order valence-corrected chi connectivity index (χ4v) is 3.69. The molecule has 1 aromatic rings. The molecule has 3 atom stereocenters. The molecule has 2 saturated carbocycles. The normalized spacial score (nSPS) is 30.8. The van der Waals surface area contributed by atoms with Gasteiger partial charge in [-0.15, -0.1) is 0 Å². The van der Waals surface area contributed by atoms with Crippen molar-refractivity contribution < 1.29 is 9.84 Å². The third-order valence-corrected chi connectivity index (χ3v) is 4.64. The standard InChI is InChI=1S/C14H17BrO2/c15-12-3-4-13(11(7-12)8-16)17-14-6-9-1-2-10(14)5-9/h3-4,7,9-10,14,16H,1-2,5-6,8H2. The first-order valence-corrected chi connectivity index (χ1v) is 7.11. The summed E-state index contributed by atoms with van der Waals surface area (Å²) in [6.45, 7) is 0.0373. The largest absolute Gasteiger partial charge is 0.490 e. The van der Waals surface area contributed by atoms with Crippen molar-refractivity contribution in [1.29, 1.82) is 0 Å². The number of halogens is 1. The average Bonchev–Trinajstić information content (AvgIpc) is 2.93. The molecule has 3 rings (SSSR count). The molecule has 0 radical (unpaired) electrons. The molecule has 1 N–H and O–H groups in total. The van der Waals surface area contributed by atoms with E-state index in [4.69, 9.17) is 4.74 Å². The fourth-order valence-electron chi connectivity index (χ4n) is 3.28. The van der Waals surface area contributed by atoms with Crippen molar-refractivity contribution >= 4 is 15.9 Å². The number of hydrogen-bond donors (Lipinski definition) is 1. The lowest BCUT2D eigenvalue weighted by Crippen LogP contribution is -2.23. The topological polar surface area (TPSA) is 29.5 Å². The van der Waals surface area contributed by atoms with E-state index in [-0.39, 0.29) is 6.61 Å². The summed E-state index contributed by atoms with van der Waals surface area (Å²) in [5.41, 5.74) is 0.877. The van der Waals surface area contributed by atoms with Crippen LogP contribution in [0, 0.1) is 11.8 Å². The molecule has 2 fully saturated rings. The summed E-state index contributed by atoms with van der Waals surface area (Å²) >= 11 is 3.42. The summed E-state index contributed by atoms with van der Waals surface area (Å²) in [7, 11) is 0. The Morgan fingerprint density at radius 2 is 2.18 bits per heavy atom. The van der Waals surface area contributed by atoms with E-state index < -0.39 is 0 Å². The van der Waals surface area contributed by atoms with Crippen LogP contribution >= 0.6 is 15.9 Å². The zero-order chi connectivity index (χ0) is 11.8. The molecule has 92 valence electrons. The molecule has 3 heteroatoms. The van der Waals surface area contributed by atoms with Crippen LogP contribution in [0.2, 0.25) is 0 Å². The monoisotopic (exact) mass is 296 g/mol. The number of benzene rings is 1. The van der Waals surface area contributed by atoms with Crippen LogP contribution < -0.4 is 4.74 Å². The molecule has 0 spiro atoms. The highest BCUT2D eigenvalue weighted by Crippen LogP contribution is 2.46. The second-order valence-electron chi connectivity index (χ2n) is 5.24. The molecule has 0 aromatic heterocycles. The lowest BCUT2D eigenvalue weighted by Gasteiger charge is -2.24. The van der Waals surface area contributed by atoms with Gasteiger partial charge in [0.15, 0.2) is 0 Å². The lowest BCUT2D eigenvalue weighted by molar-refractivity contribution is 0.134. The summed E-state index contributed by atoms with van der Waals surface area (Å²) < 4.78 is 7.09. The molecule has 3 unspecified atom stereocenters. The number of aliphatic hydroxyl groups is 1. The van der Waals surface area contributed by atoms with Crippen molar-refractivity contribution in [3.63, 3.8) is 0 Å². The maximum Gasteiger partial charge on any atom is 0.125 e. The van der Waals surface area contributed by atoms with Crippen molar-refractivity contribution in [2.24, 2.45) is 11.8 Å². The minimum absolute atomic E-state index is 0.0373. The van der Waals surface area contributed by atoms with Gasteiger partial charge in [0.05, 0.1) is 6.61 Å². The third-order valence-electron chi connectivity index (χ3n) is 4.14. The maximum atomic E-state index is 9.35. The van der Waals surface area contributed by atoms with Gasteiger partial charge in [-0.25, -0.2) is 0 Å². The number of aliphatic hydroxyl groups excluding tert-OH is 1. The van der Waals surface area contributed by atoms with E-state index in [0.29, 0.717) is 6.10 Å². The van der Waals surface area contributed by atoms with E-state index in [1.54, 1.807) is 0 Å². The zero-order valence-electron chi connectivity index (χ0n) is 9.73. The van der Waals surface area contributed by atoms with Gasteiger partial charge in [-0.05, 0) is 55.7 Å². The first-order valence-electron chi connectivity index (χ1n) is 6.32. The molecule has 0 saturated heterocycles. The van der Waals surface area contributed by atoms with Crippen LogP contribution in [0.5, 0.6) is 5.75 Å². The average molecular weight is 297 g/mol. The Balaban J connectivity index is 1.76. The van der Waals surface area contributed by atoms with Crippen LogP contribution in [-0.2, 0) is 6.61 Å². The van der Waals surface area contributed by atoms with Crippen molar-refractivity contribution in [3.8, 4) is 5.75 Å². The Morgan fingerprint density at radius 1 is 1.29 bits per heavy atom. The Hall–Kier alpha value is -0.540. The lowest BCUT2D eigenvalue weighted by atomic mass is 9.97. The predicted molar refractivity (Wildman–Crippen MR) is 69.9 cm³/mol. The van der Waals surface area contributed by atoms with Gasteiger partial charge in [0.25, 0.3) is 0 Å². The molecular formula is C14H17BrO2. The van der Waals surface area contributed by atoms with Gasteiger partial charge in [0, 0.05) is 10.0 Å². The first-order chi connectivity index (χ1) is 8.26. The predicted octanol–water partition coefficient (Wildman–Crippen LogP) is 3.51. The molecule has 0 aliphatic heterocycles. The molecule has 2 bridgehead atoms. The highest BCUT2D eigenvalue weighted by molar-refractivity contribution is 9.10. The SMILES string of the molecule is OCc1cc(Br)ccc1OC1CC2CCC1C2. The molecule has 2 aliphatic rings. The number of ether oxygens (including phenoxy) is 1. The smallest absolute Gasteiger partial charge is 0.125 e. The van der Waals surface area contributed by atoms with E-state index in [1.165, 1.54) is 25.7 Å². The Labute approximate surface area is 110 Å². The number of hydrogen-bond acceptors (Lipinski definition) is 2. The van der Waals surface area contributed by atoms with E-state index in [2.05, 4.69) is 15.9 Å². The van der Waals surface area contributed by atoms with Crippen LogP contribution in [0.15, 0.2) is 22.7 Å². The first kappa shape index (κ1) is 11.5. The Kier molecular flexibility index (Phi) is 3.14. The molecule has 0 heterocycles. The van der Waals surface area contributed by atoms with Gasteiger partial charge in [0.1, 0.15) is 11.9 Å². The molecule has 2 nitrogen and oxygen atoms in total. The Bertz CT molecular complexity index is 419. The van der Waals surface area contributed by atoms with Gasteiger partial charge in [-0.3, -0.25) is 0 Å². The summed E-state index contributed by atoms with van der Waals surface area (Å²) in [6.07, 6.45) is 5.62. The van der Waals surface area contributed by atoms with Crippen molar-refractivity contribution in [1.82, 2.24) is 0 Å². The zero-order valence-corrected chi connectivity index (χ0v) is 11.3. The minimum Gasteiger partial charge on any atom is -0.490 e. The number of fused-ring (bicyclic) bond motifs is 2.